The van der Waals surface area contributed by atoms with Crippen LogP contribution in [0.4, 0.5) is 0 Å². The highest BCUT2D eigenvalue weighted by Crippen LogP contribution is 2.27. The lowest BCUT2D eigenvalue weighted by Gasteiger charge is -2.20. The molecule has 0 spiro atoms. The number of aliphatic hydroxyl groups is 1. The van der Waals surface area contributed by atoms with E-state index in [1.807, 2.05) is 0 Å². The zero-order chi connectivity index (χ0) is 14.5. The quantitative estimate of drug-likeness (QED) is 0.705. The molecule has 2 fully saturated rings. The predicted molar refractivity (Wildman–Crippen MR) is 84.8 cm³/mol. The van der Waals surface area contributed by atoms with E-state index < -0.39 is 0 Å². The highest BCUT2D eigenvalue weighted by atomic mass is 16.2. The van der Waals surface area contributed by atoms with Crippen LogP contribution in [0.1, 0.15) is 89.9 Å². The Kier molecular flexibility index (Phi) is 10.9. The van der Waals surface area contributed by atoms with Crippen molar-refractivity contribution >= 4 is 6.29 Å². The van der Waals surface area contributed by atoms with E-state index in [4.69, 9.17) is 5.11 Å². The van der Waals surface area contributed by atoms with Gasteiger partial charge in [-0.3, -0.25) is 0 Å². The van der Waals surface area contributed by atoms with Crippen molar-refractivity contribution in [2.24, 2.45) is 11.8 Å². The van der Waals surface area contributed by atoms with Crippen LogP contribution in [-0.2, 0) is 4.79 Å². The van der Waals surface area contributed by atoms with Crippen LogP contribution in [0.15, 0.2) is 0 Å². The third-order valence-corrected chi connectivity index (χ3v) is 4.91. The van der Waals surface area contributed by atoms with Crippen molar-refractivity contribution in [3.05, 3.63) is 0 Å². The van der Waals surface area contributed by atoms with E-state index in [0.717, 1.165) is 37.4 Å². The molecule has 0 saturated heterocycles. The Bertz CT molecular complexity index is 215. The lowest BCUT2D eigenvalue weighted by Crippen LogP contribution is -2.06. The second-order valence-corrected chi connectivity index (χ2v) is 6.62. The Morgan fingerprint density at radius 2 is 1.30 bits per heavy atom. The molecule has 0 unspecified atom stereocenters. The van der Waals surface area contributed by atoms with Gasteiger partial charge in [0.05, 0.1) is 0 Å². The summed E-state index contributed by atoms with van der Waals surface area (Å²) in [5.41, 5.74) is 0. The van der Waals surface area contributed by atoms with Crippen LogP contribution in [0.25, 0.3) is 0 Å². The number of hydrogen-bond acceptors (Lipinski definition) is 2. The minimum absolute atomic E-state index is 0.385. The molecule has 2 nitrogen and oxygen atoms in total. The first-order chi connectivity index (χ1) is 9.86. The summed E-state index contributed by atoms with van der Waals surface area (Å²) >= 11 is 0. The first kappa shape index (κ1) is 17.7. The van der Waals surface area contributed by atoms with Crippen molar-refractivity contribution in [1.82, 2.24) is 0 Å². The van der Waals surface area contributed by atoms with Gasteiger partial charge in [-0.2, -0.15) is 0 Å². The van der Waals surface area contributed by atoms with Crippen molar-refractivity contribution in [1.29, 1.82) is 0 Å². The maximum absolute atomic E-state index is 10.0. The number of carbonyl (C=O) groups is 1. The third-order valence-electron chi connectivity index (χ3n) is 4.91. The van der Waals surface area contributed by atoms with Gasteiger partial charge in [0.15, 0.2) is 0 Å². The van der Waals surface area contributed by atoms with Gasteiger partial charge in [0, 0.05) is 13.0 Å². The first-order valence-corrected chi connectivity index (χ1v) is 8.91. The van der Waals surface area contributed by atoms with Crippen molar-refractivity contribution in [2.75, 3.05) is 6.61 Å². The zero-order valence-electron chi connectivity index (χ0n) is 13.2. The van der Waals surface area contributed by atoms with E-state index in [2.05, 4.69) is 0 Å². The smallest absolute Gasteiger partial charge is 0.120 e. The van der Waals surface area contributed by atoms with Crippen LogP contribution in [0.2, 0.25) is 0 Å². The molecular weight excluding hydrogens is 248 g/mol. The Morgan fingerprint density at radius 1 is 0.800 bits per heavy atom. The van der Waals surface area contributed by atoms with E-state index in [-0.39, 0.29) is 0 Å². The molecule has 0 heterocycles. The molecule has 2 aliphatic carbocycles. The number of carbonyl (C=O) groups excluding carboxylic acids is 1. The van der Waals surface area contributed by atoms with E-state index in [9.17, 15) is 4.79 Å². The van der Waals surface area contributed by atoms with Gasteiger partial charge in [-0.05, 0) is 31.1 Å². The van der Waals surface area contributed by atoms with Crippen LogP contribution in [-0.4, -0.2) is 18.0 Å². The maximum atomic E-state index is 10.0. The summed E-state index contributed by atoms with van der Waals surface area (Å²) in [5.74, 6) is 1.82. The summed E-state index contributed by atoms with van der Waals surface area (Å²) in [6.45, 7) is 0.385. The minimum atomic E-state index is 0.385. The Morgan fingerprint density at radius 3 is 1.75 bits per heavy atom. The second kappa shape index (κ2) is 12.4. The fourth-order valence-corrected chi connectivity index (χ4v) is 3.64. The largest absolute Gasteiger partial charge is 0.396 e. The molecule has 0 aromatic heterocycles. The van der Waals surface area contributed by atoms with E-state index in [0.29, 0.717) is 6.61 Å². The molecule has 0 atom stereocenters. The third kappa shape index (κ3) is 8.73. The Balaban J connectivity index is 0.000000200. The summed E-state index contributed by atoms with van der Waals surface area (Å²) in [4.78, 5) is 10.0. The topological polar surface area (TPSA) is 37.3 Å². The van der Waals surface area contributed by atoms with Crippen LogP contribution in [0.3, 0.4) is 0 Å². The van der Waals surface area contributed by atoms with Crippen molar-refractivity contribution in [3.63, 3.8) is 0 Å². The lowest BCUT2D eigenvalue weighted by atomic mass is 9.86. The summed E-state index contributed by atoms with van der Waals surface area (Å²) in [6, 6.07) is 0. The molecule has 0 amide bonds. The molecule has 118 valence electrons. The Hall–Kier alpha value is -0.370. The van der Waals surface area contributed by atoms with Gasteiger partial charge in [-0.25, -0.2) is 0 Å². The predicted octanol–water partition coefficient (Wildman–Crippen LogP) is 4.89. The number of aldehydes is 1. The van der Waals surface area contributed by atoms with Gasteiger partial charge in [-0.1, -0.05) is 64.2 Å². The minimum Gasteiger partial charge on any atom is -0.396 e. The van der Waals surface area contributed by atoms with Gasteiger partial charge in [0.1, 0.15) is 6.29 Å². The fraction of sp³-hybridized carbons (Fsp3) is 0.944. The van der Waals surface area contributed by atoms with Gasteiger partial charge >= 0.3 is 0 Å². The molecule has 20 heavy (non-hydrogen) atoms. The molecule has 0 aromatic carbocycles. The first-order valence-electron chi connectivity index (χ1n) is 8.91. The monoisotopic (exact) mass is 282 g/mol. The molecular formula is C18H34O2. The molecule has 1 N–H and O–H groups in total. The molecule has 0 aromatic rings. The highest BCUT2D eigenvalue weighted by Gasteiger charge is 2.12. The molecule has 0 bridgehead atoms. The summed E-state index contributed by atoms with van der Waals surface area (Å²) in [7, 11) is 0. The number of rotatable bonds is 6. The van der Waals surface area contributed by atoms with Gasteiger partial charge < -0.3 is 9.90 Å². The number of hydrogen-bond donors (Lipinski definition) is 1. The van der Waals surface area contributed by atoms with Crippen LogP contribution in [0.5, 0.6) is 0 Å². The average molecular weight is 282 g/mol. The number of aliphatic hydroxyl groups excluding tert-OH is 1. The van der Waals surface area contributed by atoms with Crippen LogP contribution in [0, 0.1) is 11.8 Å². The molecule has 0 aliphatic heterocycles. The van der Waals surface area contributed by atoms with Crippen molar-refractivity contribution in [3.8, 4) is 0 Å². The lowest BCUT2D eigenvalue weighted by molar-refractivity contribution is -0.108. The van der Waals surface area contributed by atoms with Gasteiger partial charge in [0.2, 0.25) is 0 Å². The average Bonchev–Trinajstić information content (AvgIpc) is 2.53. The summed E-state index contributed by atoms with van der Waals surface area (Å²) in [5, 5.41) is 8.60. The Labute approximate surface area is 125 Å². The van der Waals surface area contributed by atoms with E-state index in [1.165, 1.54) is 70.6 Å². The SMILES string of the molecule is O=CCCC1CCCCC1.OCCCC1CCCCC1. The normalized spacial score (nSPS) is 21.1. The van der Waals surface area contributed by atoms with Crippen molar-refractivity contribution in [2.45, 2.75) is 89.9 Å². The molecule has 2 rings (SSSR count). The fourth-order valence-electron chi connectivity index (χ4n) is 3.64. The van der Waals surface area contributed by atoms with Crippen molar-refractivity contribution < 1.29 is 9.90 Å². The van der Waals surface area contributed by atoms with Crippen LogP contribution < -0.4 is 0 Å². The van der Waals surface area contributed by atoms with E-state index >= 15 is 0 Å². The molecule has 2 saturated carbocycles. The highest BCUT2D eigenvalue weighted by molar-refractivity contribution is 5.49. The zero-order valence-corrected chi connectivity index (χ0v) is 13.2. The maximum Gasteiger partial charge on any atom is 0.120 e. The summed E-state index contributed by atoms with van der Waals surface area (Å²) < 4.78 is 0. The standard InChI is InChI=1S/C9H18O.C9H16O/c2*10-8-4-7-9-5-2-1-3-6-9/h9-10H,1-8H2;8-9H,1-7H2. The molecule has 2 aliphatic rings. The van der Waals surface area contributed by atoms with E-state index in [1.54, 1.807) is 0 Å². The molecule has 0 radical (unpaired) electrons. The molecule has 2 heteroatoms. The second-order valence-electron chi connectivity index (χ2n) is 6.62. The van der Waals surface area contributed by atoms with Gasteiger partial charge in [0.25, 0.3) is 0 Å². The van der Waals surface area contributed by atoms with Crippen LogP contribution >= 0.6 is 0 Å². The summed E-state index contributed by atoms with van der Waals surface area (Å²) in [6.07, 6.45) is 19.3. The van der Waals surface area contributed by atoms with Gasteiger partial charge in [-0.15, -0.1) is 0 Å².